The summed E-state index contributed by atoms with van der Waals surface area (Å²) in [6.45, 7) is 1.50. The highest BCUT2D eigenvalue weighted by atomic mass is 19.1. The Morgan fingerprint density at radius 3 is 2.56 bits per heavy atom. The molecule has 2 N–H and O–H groups in total. The number of anilines is 1. The first kappa shape index (κ1) is 11.9. The number of nitro groups is 1. The normalized spacial score (nSPS) is 10.6. The van der Waals surface area contributed by atoms with E-state index in [4.69, 9.17) is 5.73 Å². The van der Waals surface area contributed by atoms with E-state index >= 15 is 0 Å². The second kappa shape index (κ2) is 4.02. The second-order valence-corrected chi connectivity index (χ2v) is 3.48. The van der Waals surface area contributed by atoms with Crippen molar-refractivity contribution >= 4 is 11.5 Å². The van der Waals surface area contributed by atoms with E-state index in [2.05, 4.69) is 10.3 Å². The summed E-state index contributed by atoms with van der Waals surface area (Å²) in [7, 11) is 0. The van der Waals surface area contributed by atoms with Crippen LogP contribution >= 0.6 is 0 Å². The zero-order chi connectivity index (χ0) is 13.4. The minimum atomic E-state index is -1.26. The Morgan fingerprint density at radius 2 is 2.06 bits per heavy atom. The van der Waals surface area contributed by atoms with E-state index in [1.54, 1.807) is 0 Å². The number of aromatic nitrogens is 3. The van der Waals surface area contributed by atoms with Gasteiger partial charge in [0, 0.05) is 12.1 Å². The summed E-state index contributed by atoms with van der Waals surface area (Å²) in [4.78, 5) is 9.63. The highest BCUT2D eigenvalue weighted by Gasteiger charge is 2.21. The lowest BCUT2D eigenvalue weighted by Crippen LogP contribution is -2.05. The van der Waals surface area contributed by atoms with E-state index in [0.717, 1.165) is 10.7 Å². The Balaban J connectivity index is 2.68. The van der Waals surface area contributed by atoms with E-state index < -0.39 is 22.2 Å². The van der Waals surface area contributed by atoms with Crippen molar-refractivity contribution in [1.82, 2.24) is 15.0 Å². The average molecular weight is 255 g/mol. The van der Waals surface area contributed by atoms with E-state index in [0.29, 0.717) is 11.8 Å². The van der Waals surface area contributed by atoms with E-state index in [1.165, 1.54) is 6.92 Å². The Hall–Kier alpha value is -2.58. The summed E-state index contributed by atoms with van der Waals surface area (Å²) in [5.41, 5.74) is 4.60. The molecule has 0 amide bonds. The zero-order valence-electron chi connectivity index (χ0n) is 9.09. The number of hydrogen-bond acceptors (Lipinski definition) is 5. The van der Waals surface area contributed by atoms with E-state index in [1.807, 2.05) is 0 Å². The first-order chi connectivity index (χ1) is 8.41. The van der Waals surface area contributed by atoms with E-state index in [9.17, 15) is 18.9 Å². The monoisotopic (exact) mass is 255 g/mol. The molecule has 0 aliphatic carbocycles. The number of nitro benzene ring substituents is 1. The Labute approximate surface area is 99.0 Å². The lowest BCUT2D eigenvalue weighted by atomic mass is 10.2. The van der Waals surface area contributed by atoms with Crippen molar-refractivity contribution in [3.63, 3.8) is 0 Å². The summed E-state index contributed by atoms with van der Waals surface area (Å²) in [5.74, 6) is -2.19. The van der Waals surface area contributed by atoms with Crippen molar-refractivity contribution in [1.29, 1.82) is 0 Å². The van der Waals surface area contributed by atoms with Crippen molar-refractivity contribution < 1.29 is 13.7 Å². The molecule has 0 bridgehead atoms. The maximum absolute atomic E-state index is 13.6. The van der Waals surface area contributed by atoms with Gasteiger partial charge >= 0.3 is 5.69 Å². The van der Waals surface area contributed by atoms with Crippen LogP contribution in [-0.4, -0.2) is 19.9 Å². The SMILES string of the molecule is Cc1c(N)nnn1-c1cc([N+](=O)[O-])c(F)cc1F. The number of nitrogens with zero attached hydrogens (tertiary/aromatic N) is 4. The van der Waals surface area contributed by atoms with Crippen molar-refractivity contribution in [3.8, 4) is 5.69 Å². The summed E-state index contributed by atoms with van der Waals surface area (Å²) in [6, 6.07) is 1.16. The number of hydrogen-bond donors (Lipinski definition) is 1. The van der Waals surface area contributed by atoms with Crippen LogP contribution in [0.2, 0.25) is 0 Å². The Morgan fingerprint density at radius 1 is 1.39 bits per heavy atom. The lowest BCUT2D eigenvalue weighted by Gasteiger charge is -2.05. The molecule has 94 valence electrons. The smallest absolute Gasteiger partial charge is 0.307 e. The van der Waals surface area contributed by atoms with Crippen LogP contribution in [0.15, 0.2) is 12.1 Å². The molecule has 0 aliphatic heterocycles. The molecule has 0 unspecified atom stereocenters. The van der Waals surface area contributed by atoms with Crippen molar-refractivity contribution in [3.05, 3.63) is 39.6 Å². The fourth-order valence-electron chi connectivity index (χ4n) is 1.40. The molecule has 0 atom stereocenters. The predicted octanol–water partition coefficient (Wildman–Crippen LogP) is 1.34. The van der Waals surface area contributed by atoms with Gasteiger partial charge in [0.05, 0.1) is 10.6 Å². The number of benzene rings is 1. The van der Waals surface area contributed by atoms with Crippen LogP contribution in [0.3, 0.4) is 0 Å². The molecule has 18 heavy (non-hydrogen) atoms. The van der Waals surface area contributed by atoms with Gasteiger partial charge in [-0.05, 0) is 6.92 Å². The minimum absolute atomic E-state index is 0.0568. The van der Waals surface area contributed by atoms with Gasteiger partial charge in [-0.15, -0.1) is 5.10 Å². The molecule has 1 aromatic carbocycles. The molecule has 0 spiro atoms. The zero-order valence-corrected chi connectivity index (χ0v) is 9.09. The van der Waals surface area contributed by atoms with Crippen LogP contribution in [-0.2, 0) is 0 Å². The maximum atomic E-state index is 13.6. The van der Waals surface area contributed by atoms with Crippen molar-refractivity contribution in [2.45, 2.75) is 6.92 Å². The third kappa shape index (κ3) is 1.75. The van der Waals surface area contributed by atoms with Gasteiger partial charge < -0.3 is 5.73 Å². The highest BCUT2D eigenvalue weighted by molar-refractivity contribution is 5.47. The van der Waals surface area contributed by atoms with Crippen LogP contribution in [0.1, 0.15) is 5.69 Å². The van der Waals surface area contributed by atoms with Crippen LogP contribution < -0.4 is 5.73 Å². The molecule has 1 heterocycles. The topological polar surface area (TPSA) is 99.9 Å². The quantitative estimate of drug-likeness (QED) is 0.644. The summed E-state index contributed by atoms with van der Waals surface area (Å²) < 4.78 is 27.7. The Bertz CT molecular complexity index is 640. The van der Waals surface area contributed by atoms with Gasteiger partial charge in [0.2, 0.25) is 5.82 Å². The molecule has 0 saturated carbocycles. The van der Waals surface area contributed by atoms with Gasteiger partial charge in [-0.2, -0.15) is 4.39 Å². The van der Waals surface area contributed by atoms with Crippen LogP contribution in [0.25, 0.3) is 5.69 Å². The average Bonchev–Trinajstić information content (AvgIpc) is 2.60. The van der Waals surface area contributed by atoms with Crippen LogP contribution in [0, 0.1) is 28.7 Å². The molecule has 9 heteroatoms. The third-order valence-electron chi connectivity index (χ3n) is 2.37. The standard InChI is InChI=1S/C9H7F2N5O2/c1-4-9(12)13-14-15(4)7-3-8(16(17)18)6(11)2-5(7)10/h2-3H,12H2,1H3. The maximum Gasteiger partial charge on any atom is 0.307 e. The number of nitrogens with two attached hydrogens (primary N) is 1. The fourth-order valence-corrected chi connectivity index (χ4v) is 1.40. The van der Waals surface area contributed by atoms with Crippen LogP contribution in [0.5, 0.6) is 0 Å². The van der Waals surface area contributed by atoms with Gasteiger partial charge in [0.15, 0.2) is 11.6 Å². The summed E-state index contributed by atoms with van der Waals surface area (Å²) in [5, 5.41) is 17.6. The molecule has 2 aromatic rings. The second-order valence-electron chi connectivity index (χ2n) is 3.48. The van der Waals surface area contributed by atoms with Gasteiger partial charge in [-0.25, -0.2) is 9.07 Å². The van der Waals surface area contributed by atoms with Crippen molar-refractivity contribution in [2.75, 3.05) is 5.73 Å². The first-order valence-electron chi connectivity index (χ1n) is 4.73. The minimum Gasteiger partial charge on any atom is -0.381 e. The summed E-state index contributed by atoms with van der Waals surface area (Å²) >= 11 is 0. The molecule has 0 radical (unpaired) electrons. The van der Waals surface area contributed by atoms with Gasteiger partial charge in [-0.3, -0.25) is 10.1 Å². The van der Waals surface area contributed by atoms with Gasteiger partial charge in [0.25, 0.3) is 0 Å². The number of halogens is 2. The largest absolute Gasteiger partial charge is 0.381 e. The lowest BCUT2D eigenvalue weighted by molar-refractivity contribution is -0.387. The predicted molar refractivity (Wildman–Crippen MR) is 57.1 cm³/mol. The molecule has 1 aromatic heterocycles. The fraction of sp³-hybridized carbons (Fsp3) is 0.111. The third-order valence-corrected chi connectivity index (χ3v) is 2.37. The van der Waals surface area contributed by atoms with Crippen LogP contribution in [0.4, 0.5) is 20.3 Å². The number of nitrogen functional groups attached to an aromatic ring is 1. The Kier molecular flexibility index (Phi) is 2.66. The first-order valence-corrected chi connectivity index (χ1v) is 4.73. The molecule has 0 fully saturated rings. The number of rotatable bonds is 2. The molecular formula is C9H7F2N5O2. The van der Waals surface area contributed by atoms with Gasteiger partial charge in [-0.1, -0.05) is 5.21 Å². The molecule has 2 rings (SSSR count). The molecular weight excluding hydrogens is 248 g/mol. The molecule has 7 nitrogen and oxygen atoms in total. The molecule has 0 saturated heterocycles. The van der Waals surface area contributed by atoms with E-state index in [-0.39, 0.29) is 11.5 Å². The summed E-state index contributed by atoms with van der Waals surface area (Å²) in [6.07, 6.45) is 0. The van der Waals surface area contributed by atoms with Gasteiger partial charge in [0.1, 0.15) is 5.69 Å². The highest BCUT2D eigenvalue weighted by Crippen LogP contribution is 2.25. The molecule has 0 aliphatic rings. The van der Waals surface area contributed by atoms with Crippen molar-refractivity contribution in [2.24, 2.45) is 0 Å².